The molecular weight excluding hydrogens is 326 g/mol. The molecule has 1 aromatic heterocycles. The smallest absolute Gasteiger partial charge is 0.336 e. The van der Waals surface area contributed by atoms with E-state index in [4.69, 9.17) is 9.15 Å². The normalized spacial score (nSPS) is 19.7. The van der Waals surface area contributed by atoms with Crippen molar-refractivity contribution in [2.75, 3.05) is 19.8 Å². The highest BCUT2D eigenvalue weighted by atomic mass is 32.2. The van der Waals surface area contributed by atoms with Crippen LogP contribution in [-0.2, 0) is 19.6 Å². The van der Waals surface area contributed by atoms with Crippen LogP contribution in [0.1, 0.15) is 0 Å². The maximum atomic E-state index is 12.7. The number of fused-ring (bicyclic) bond motifs is 1. The van der Waals surface area contributed by atoms with Gasteiger partial charge in [0.1, 0.15) is 11.6 Å². The fourth-order valence-electron chi connectivity index (χ4n) is 2.42. The molecule has 0 spiro atoms. The third kappa shape index (κ3) is 2.85. The van der Waals surface area contributed by atoms with Crippen molar-refractivity contribution >= 4 is 27.0 Å². The second kappa shape index (κ2) is 5.76. The van der Waals surface area contributed by atoms with Gasteiger partial charge in [0, 0.05) is 18.0 Å². The Bertz CT molecular complexity index is 918. The maximum Gasteiger partial charge on any atom is 0.336 e. The summed E-state index contributed by atoms with van der Waals surface area (Å²) in [5.74, 6) is -1.26. The van der Waals surface area contributed by atoms with Crippen LogP contribution in [0, 0.1) is 0 Å². The Morgan fingerprint density at radius 3 is 2.78 bits per heavy atom. The predicted octanol–water partition coefficient (Wildman–Crippen LogP) is 0.267. The first-order valence-corrected chi connectivity index (χ1v) is 8.20. The summed E-state index contributed by atoms with van der Waals surface area (Å²) in [5, 5.41) is 9.62. The van der Waals surface area contributed by atoms with Gasteiger partial charge in [0.15, 0.2) is 0 Å². The number of rotatable bonds is 3. The van der Waals surface area contributed by atoms with Crippen LogP contribution < -0.4 is 5.63 Å². The van der Waals surface area contributed by atoms with Crippen LogP contribution in [0.2, 0.25) is 0 Å². The van der Waals surface area contributed by atoms with Gasteiger partial charge in [-0.25, -0.2) is 13.2 Å². The third-order valence-electron chi connectivity index (χ3n) is 3.56. The zero-order valence-electron chi connectivity index (χ0n) is 11.8. The summed E-state index contributed by atoms with van der Waals surface area (Å²) < 4.78 is 36.4. The number of nitrogens with zero attached hydrogens (tertiary/aromatic N) is 1. The molecule has 1 N–H and O–H groups in total. The minimum atomic E-state index is -4.01. The molecule has 1 aliphatic rings. The van der Waals surface area contributed by atoms with Gasteiger partial charge in [-0.3, -0.25) is 4.79 Å². The number of carboxylic acid groups (broad SMARTS) is 1. The van der Waals surface area contributed by atoms with Gasteiger partial charge in [0.05, 0.1) is 18.1 Å². The lowest BCUT2D eigenvalue weighted by molar-refractivity contribution is -0.146. The molecule has 0 amide bonds. The Kier molecular flexibility index (Phi) is 3.92. The van der Waals surface area contributed by atoms with Crippen LogP contribution in [0.5, 0.6) is 0 Å². The van der Waals surface area contributed by atoms with E-state index in [0.29, 0.717) is 5.39 Å². The van der Waals surface area contributed by atoms with Crippen molar-refractivity contribution in [1.82, 2.24) is 4.31 Å². The summed E-state index contributed by atoms with van der Waals surface area (Å²) in [6.45, 7) is -0.107. The van der Waals surface area contributed by atoms with Crippen LogP contribution in [-0.4, -0.2) is 49.6 Å². The Labute approximate surface area is 130 Å². The van der Waals surface area contributed by atoms with E-state index in [0.717, 1.165) is 4.31 Å². The number of ether oxygens (including phenoxy) is 1. The predicted molar refractivity (Wildman–Crippen MR) is 78.6 cm³/mol. The van der Waals surface area contributed by atoms with Crippen molar-refractivity contribution in [3.05, 3.63) is 40.8 Å². The lowest BCUT2D eigenvalue weighted by Crippen LogP contribution is -2.52. The summed E-state index contributed by atoms with van der Waals surface area (Å²) >= 11 is 0. The number of aliphatic carboxylic acids is 1. The number of morpholine rings is 1. The van der Waals surface area contributed by atoms with Gasteiger partial charge in [-0.15, -0.1) is 0 Å². The molecule has 9 heteroatoms. The first-order chi connectivity index (χ1) is 10.9. The van der Waals surface area contributed by atoms with Gasteiger partial charge >= 0.3 is 11.6 Å². The average molecular weight is 339 g/mol. The molecule has 1 saturated heterocycles. The van der Waals surface area contributed by atoms with E-state index in [1.807, 2.05) is 0 Å². The first kappa shape index (κ1) is 15.7. The third-order valence-corrected chi connectivity index (χ3v) is 5.47. The summed E-state index contributed by atoms with van der Waals surface area (Å²) in [6, 6.07) is 5.39. The zero-order valence-corrected chi connectivity index (χ0v) is 12.7. The van der Waals surface area contributed by atoms with E-state index in [1.165, 1.54) is 30.3 Å². The van der Waals surface area contributed by atoms with E-state index < -0.39 is 27.7 Å². The van der Waals surface area contributed by atoms with Gasteiger partial charge < -0.3 is 14.3 Å². The zero-order chi connectivity index (χ0) is 16.6. The number of sulfonamides is 1. The van der Waals surface area contributed by atoms with Gasteiger partial charge in [-0.2, -0.15) is 4.31 Å². The van der Waals surface area contributed by atoms with Gasteiger partial charge in [-0.05, 0) is 24.3 Å². The molecule has 3 rings (SSSR count). The minimum Gasteiger partial charge on any atom is -0.480 e. The fraction of sp³-hybridized carbons (Fsp3) is 0.286. The molecule has 2 aromatic rings. The lowest BCUT2D eigenvalue weighted by Gasteiger charge is -2.31. The molecule has 8 nitrogen and oxygen atoms in total. The highest BCUT2D eigenvalue weighted by molar-refractivity contribution is 7.89. The van der Waals surface area contributed by atoms with E-state index >= 15 is 0 Å². The standard InChI is InChI=1S/C14H13NO7S/c16-13-4-1-9-7-10(2-3-12(9)22-13)23(19,20)15-5-6-21-8-11(15)14(17)18/h1-4,7,11H,5-6,8H2,(H,17,18). The second-order valence-corrected chi connectivity index (χ2v) is 6.89. The molecule has 0 aliphatic carbocycles. The van der Waals surface area contributed by atoms with Gasteiger partial charge in [0.2, 0.25) is 10.0 Å². The van der Waals surface area contributed by atoms with Gasteiger partial charge in [-0.1, -0.05) is 0 Å². The van der Waals surface area contributed by atoms with Crippen molar-refractivity contribution in [3.8, 4) is 0 Å². The number of hydrogen-bond acceptors (Lipinski definition) is 6. The van der Waals surface area contributed by atoms with E-state index in [1.54, 1.807) is 0 Å². The average Bonchev–Trinajstić information content (AvgIpc) is 2.54. The Balaban J connectivity index is 2.06. The van der Waals surface area contributed by atoms with Crippen LogP contribution in [0.4, 0.5) is 0 Å². The monoisotopic (exact) mass is 339 g/mol. The Hall–Kier alpha value is -2.23. The Morgan fingerprint density at radius 2 is 2.04 bits per heavy atom. The lowest BCUT2D eigenvalue weighted by atomic mass is 10.2. The molecule has 1 aliphatic heterocycles. The summed E-state index contributed by atoms with van der Waals surface area (Å²) in [4.78, 5) is 22.4. The van der Waals surface area contributed by atoms with Crippen LogP contribution >= 0.6 is 0 Å². The highest BCUT2D eigenvalue weighted by Crippen LogP contribution is 2.24. The molecule has 0 radical (unpaired) electrons. The van der Waals surface area contributed by atoms with E-state index in [-0.39, 0.29) is 30.2 Å². The molecule has 1 fully saturated rings. The summed E-state index contributed by atoms with van der Waals surface area (Å²) in [5.41, 5.74) is -0.277. The van der Waals surface area contributed by atoms with Crippen molar-refractivity contribution in [2.45, 2.75) is 10.9 Å². The summed E-state index contributed by atoms with van der Waals surface area (Å²) in [6.07, 6.45) is 0. The maximum absolute atomic E-state index is 12.7. The van der Waals surface area contributed by atoms with Crippen molar-refractivity contribution in [1.29, 1.82) is 0 Å². The van der Waals surface area contributed by atoms with E-state index in [2.05, 4.69) is 0 Å². The van der Waals surface area contributed by atoms with Crippen LogP contribution in [0.25, 0.3) is 11.0 Å². The molecule has 0 saturated carbocycles. The highest BCUT2D eigenvalue weighted by Gasteiger charge is 2.38. The number of carbonyl (C=O) groups is 1. The quantitative estimate of drug-likeness (QED) is 0.798. The summed E-state index contributed by atoms with van der Waals surface area (Å²) in [7, 11) is -4.01. The second-order valence-electron chi connectivity index (χ2n) is 5.00. The fourth-order valence-corrected chi connectivity index (χ4v) is 4.00. The first-order valence-electron chi connectivity index (χ1n) is 6.76. The molecule has 0 bridgehead atoms. The molecule has 1 aromatic carbocycles. The molecule has 23 heavy (non-hydrogen) atoms. The molecule has 122 valence electrons. The van der Waals surface area contributed by atoms with Crippen LogP contribution in [0.15, 0.2) is 44.4 Å². The number of carboxylic acids is 1. The minimum absolute atomic E-state index is 0.0405. The van der Waals surface area contributed by atoms with Crippen LogP contribution in [0.3, 0.4) is 0 Å². The largest absolute Gasteiger partial charge is 0.480 e. The molecule has 1 unspecified atom stereocenters. The van der Waals surface area contributed by atoms with E-state index in [9.17, 15) is 23.1 Å². The molecular formula is C14H13NO7S. The van der Waals surface area contributed by atoms with Gasteiger partial charge in [0.25, 0.3) is 0 Å². The molecule has 2 heterocycles. The van der Waals surface area contributed by atoms with Crippen molar-refractivity contribution < 1.29 is 27.5 Å². The number of hydrogen-bond donors (Lipinski definition) is 1. The SMILES string of the molecule is O=C(O)C1COCCN1S(=O)(=O)c1ccc2oc(=O)ccc2c1. The van der Waals surface area contributed by atoms with Crippen molar-refractivity contribution in [3.63, 3.8) is 0 Å². The van der Waals surface area contributed by atoms with Crippen molar-refractivity contribution in [2.24, 2.45) is 0 Å². The molecule has 1 atom stereocenters. The number of benzene rings is 1. The topological polar surface area (TPSA) is 114 Å². The Morgan fingerprint density at radius 1 is 1.26 bits per heavy atom.